The van der Waals surface area contributed by atoms with E-state index < -0.39 is 0 Å². The van der Waals surface area contributed by atoms with Crippen LogP contribution in [0.25, 0.3) is 0 Å². The molecule has 0 amide bonds. The normalized spacial score (nSPS) is 22.6. The van der Waals surface area contributed by atoms with E-state index in [1.54, 1.807) is 6.20 Å². The van der Waals surface area contributed by atoms with Crippen LogP contribution in [0.1, 0.15) is 12.7 Å². The van der Waals surface area contributed by atoms with E-state index in [1.165, 1.54) is 0 Å². The summed E-state index contributed by atoms with van der Waals surface area (Å²) in [7, 11) is 0. The monoisotopic (exact) mass is 150 g/mol. The van der Waals surface area contributed by atoms with Gasteiger partial charge in [0, 0.05) is 18.9 Å². The number of aromatic nitrogens is 2. The van der Waals surface area contributed by atoms with Crippen molar-refractivity contribution in [3.63, 3.8) is 0 Å². The lowest BCUT2D eigenvalue weighted by Gasteiger charge is -2.16. The third kappa shape index (κ3) is 0.906. The molecule has 1 aromatic rings. The first kappa shape index (κ1) is 6.39. The molecule has 1 aromatic heterocycles. The summed E-state index contributed by atoms with van der Waals surface area (Å²) in [6.07, 6.45) is 3.67. The molecule has 1 unspecified atom stereocenters. The fourth-order valence-electron chi connectivity index (χ4n) is 1.31. The zero-order valence-corrected chi connectivity index (χ0v) is 6.36. The molecule has 0 saturated carbocycles. The van der Waals surface area contributed by atoms with Gasteiger partial charge in [-0.2, -0.15) is 0 Å². The van der Waals surface area contributed by atoms with E-state index in [2.05, 4.69) is 9.98 Å². The van der Waals surface area contributed by atoms with Gasteiger partial charge in [0.05, 0.1) is 6.04 Å². The SMILES string of the molecule is CC1Cn2ccnc2C(N)=N1. The van der Waals surface area contributed by atoms with E-state index in [0.29, 0.717) is 5.84 Å². The van der Waals surface area contributed by atoms with Crippen LogP contribution in [0.4, 0.5) is 0 Å². The van der Waals surface area contributed by atoms with Gasteiger partial charge in [-0.1, -0.05) is 0 Å². The molecule has 2 rings (SSSR count). The maximum Gasteiger partial charge on any atom is 0.175 e. The fourth-order valence-corrected chi connectivity index (χ4v) is 1.31. The average molecular weight is 150 g/mol. The first-order valence-corrected chi connectivity index (χ1v) is 3.62. The van der Waals surface area contributed by atoms with Crippen LogP contribution in [0.15, 0.2) is 17.4 Å². The summed E-state index contributed by atoms with van der Waals surface area (Å²) in [5, 5.41) is 0. The summed E-state index contributed by atoms with van der Waals surface area (Å²) >= 11 is 0. The van der Waals surface area contributed by atoms with E-state index >= 15 is 0 Å². The zero-order valence-electron chi connectivity index (χ0n) is 6.36. The van der Waals surface area contributed by atoms with Gasteiger partial charge in [0.1, 0.15) is 0 Å². The number of amidine groups is 1. The number of hydrogen-bond acceptors (Lipinski definition) is 3. The Morgan fingerprint density at radius 2 is 2.55 bits per heavy atom. The predicted molar refractivity (Wildman–Crippen MR) is 42.4 cm³/mol. The van der Waals surface area contributed by atoms with E-state index in [-0.39, 0.29) is 6.04 Å². The van der Waals surface area contributed by atoms with Crippen molar-refractivity contribution in [2.24, 2.45) is 10.7 Å². The lowest BCUT2D eigenvalue weighted by Crippen LogP contribution is -2.29. The van der Waals surface area contributed by atoms with Crippen LogP contribution in [0.3, 0.4) is 0 Å². The van der Waals surface area contributed by atoms with Crippen molar-refractivity contribution in [3.8, 4) is 0 Å². The highest BCUT2D eigenvalue weighted by molar-refractivity contribution is 5.94. The van der Waals surface area contributed by atoms with Gasteiger partial charge in [0.2, 0.25) is 0 Å². The maximum absolute atomic E-state index is 5.65. The van der Waals surface area contributed by atoms with Crippen molar-refractivity contribution in [1.29, 1.82) is 0 Å². The summed E-state index contributed by atoms with van der Waals surface area (Å²) in [4.78, 5) is 8.29. The number of hydrogen-bond donors (Lipinski definition) is 1. The van der Waals surface area contributed by atoms with Crippen molar-refractivity contribution in [2.75, 3.05) is 0 Å². The number of nitrogens with zero attached hydrogens (tertiary/aromatic N) is 3. The second-order valence-corrected chi connectivity index (χ2v) is 2.77. The molecule has 4 heteroatoms. The Bertz CT molecular complexity index is 299. The molecule has 11 heavy (non-hydrogen) atoms. The molecule has 0 fully saturated rings. The molecule has 0 aliphatic carbocycles. The fraction of sp³-hybridized carbons (Fsp3) is 0.429. The van der Waals surface area contributed by atoms with Gasteiger partial charge in [0.15, 0.2) is 11.7 Å². The Balaban J connectivity index is 2.50. The first-order valence-electron chi connectivity index (χ1n) is 3.62. The van der Waals surface area contributed by atoms with Crippen LogP contribution in [0.5, 0.6) is 0 Å². The first-order chi connectivity index (χ1) is 5.27. The number of nitrogens with two attached hydrogens (primary N) is 1. The van der Waals surface area contributed by atoms with Crippen molar-refractivity contribution in [2.45, 2.75) is 19.5 Å². The maximum atomic E-state index is 5.65. The minimum atomic E-state index is 0.275. The molecule has 0 radical (unpaired) electrons. The van der Waals surface area contributed by atoms with Crippen molar-refractivity contribution in [3.05, 3.63) is 18.2 Å². The standard InChI is InChI=1S/C7H10N4/c1-5-4-11-3-2-9-7(11)6(8)10-5/h2-3,5H,4H2,1H3,(H2,8,10). The van der Waals surface area contributed by atoms with Crippen LogP contribution >= 0.6 is 0 Å². The van der Waals surface area contributed by atoms with Gasteiger partial charge < -0.3 is 10.3 Å². The van der Waals surface area contributed by atoms with E-state index in [1.807, 2.05) is 17.7 Å². The highest BCUT2D eigenvalue weighted by Gasteiger charge is 2.15. The quantitative estimate of drug-likeness (QED) is 0.565. The largest absolute Gasteiger partial charge is 0.381 e. The highest BCUT2D eigenvalue weighted by atomic mass is 15.1. The second-order valence-electron chi connectivity index (χ2n) is 2.77. The average Bonchev–Trinajstić information content (AvgIpc) is 2.34. The molecule has 1 aliphatic heterocycles. The molecular formula is C7H10N4. The van der Waals surface area contributed by atoms with Crippen molar-refractivity contribution >= 4 is 5.84 Å². The Kier molecular flexibility index (Phi) is 1.21. The molecular weight excluding hydrogens is 140 g/mol. The molecule has 1 atom stereocenters. The lowest BCUT2D eigenvalue weighted by atomic mass is 10.3. The molecule has 58 valence electrons. The van der Waals surface area contributed by atoms with Crippen LogP contribution in [-0.4, -0.2) is 21.4 Å². The van der Waals surface area contributed by atoms with Gasteiger partial charge in [-0.15, -0.1) is 0 Å². The molecule has 2 N–H and O–H groups in total. The summed E-state index contributed by atoms with van der Waals surface area (Å²) < 4.78 is 2.02. The van der Waals surface area contributed by atoms with Crippen LogP contribution in [0.2, 0.25) is 0 Å². The number of aliphatic imine (C=N–C) groups is 1. The number of rotatable bonds is 0. The van der Waals surface area contributed by atoms with Crippen LogP contribution in [-0.2, 0) is 6.54 Å². The van der Waals surface area contributed by atoms with Gasteiger partial charge in [-0.25, -0.2) is 4.98 Å². The molecule has 4 nitrogen and oxygen atoms in total. The van der Waals surface area contributed by atoms with Crippen molar-refractivity contribution in [1.82, 2.24) is 9.55 Å². The Hall–Kier alpha value is -1.32. The van der Waals surface area contributed by atoms with Gasteiger partial charge >= 0.3 is 0 Å². The lowest BCUT2D eigenvalue weighted by molar-refractivity contribution is 0.569. The second kappa shape index (κ2) is 2.08. The van der Waals surface area contributed by atoms with E-state index in [9.17, 15) is 0 Å². The summed E-state index contributed by atoms with van der Waals surface area (Å²) in [5.41, 5.74) is 5.65. The molecule has 0 bridgehead atoms. The van der Waals surface area contributed by atoms with E-state index in [0.717, 1.165) is 12.4 Å². The number of fused-ring (bicyclic) bond motifs is 1. The summed E-state index contributed by atoms with van der Waals surface area (Å²) in [5.74, 6) is 1.34. The van der Waals surface area contributed by atoms with E-state index in [4.69, 9.17) is 5.73 Å². The molecule has 0 aromatic carbocycles. The molecule has 1 aliphatic rings. The molecule has 2 heterocycles. The smallest absolute Gasteiger partial charge is 0.175 e. The predicted octanol–water partition coefficient (Wildman–Crippen LogP) is -0.00950. The Morgan fingerprint density at radius 1 is 1.73 bits per heavy atom. The molecule has 0 spiro atoms. The van der Waals surface area contributed by atoms with Crippen molar-refractivity contribution < 1.29 is 0 Å². The van der Waals surface area contributed by atoms with Crippen LogP contribution in [0, 0.1) is 0 Å². The number of imidazole rings is 1. The van der Waals surface area contributed by atoms with Gasteiger partial charge in [-0.3, -0.25) is 4.99 Å². The molecule has 0 saturated heterocycles. The minimum Gasteiger partial charge on any atom is -0.381 e. The van der Waals surface area contributed by atoms with Gasteiger partial charge in [0.25, 0.3) is 0 Å². The summed E-state index contributed by atoms with van der Waals surface area (Å²) in [6, 6.07) is 0.275. The third-order valence-electron chi connectivity index (χ3n) is 1.76. The highest BCUT2D eigenvalue weighted by Crippen LogP contribution is 2.07. The topological polar surface area (TPSA) is 56.2 Å². The zero-order chi connectivity index (χ0) is 7.84. The summed E-state index contributed by atoms with van der Waals surface area (Å²) in [6.45, 7) is 2.92. The Morgan fingerprint density at radius 3 is 3.36 bits per heavy atom. The van der Waals surface area contributed by atoms with Gasteiger partial charge in [-0.05, 0) is 6.92 Å². The third-order valence-corrected chi connectivity index (χ3v) is 1.76. The Labute approximate surface area is 64.8 Å². The van der Waals surface area contributed by atoms with Crippen LogP contribution < -0.4 is 5.73 Å². The minimum absolute atomic E-state index is 0.275.